The van der Waals surface area contributed by atoms with Crippen molar-refractivity contribution < 1.29 is 13.5 Å². The summed E-state index contributed by atoms with van der Waals surface area (Å²) < 4.78 is 31.0. The Labute approximate surface area is 160 Å². The lowest BCUT2D eigenvalue weighted by molar-refractivity contribution is -0.0230. The first-order chi connectivity index (χ1) is 12.5. The Morgan fingerprint density at radius 1 is 1.15 bits per heavy atom. The van der Waals surface area contributed by atoms with Gasteiger partial charge in [0.2, 0.25) is 0 Å². The van der Waals surface area contributed by atoms with Crippen LogP contribution in [0.5, 0.6) is 5.19 Å². The van der Waals surface area contributed by atoms with Gasteiger partial charge in [-0.1, -0.05) is 49.9 Å². The van der Waals surface area contributed by atoms with Crippen molar-refractivity contribution in [2.45, 2.75) is 77.1 Å². The molecule has 0 atom stereocenters. The average Bonchev–Trinajstić information content (AvgIpc) is 2.75. The van der Waals surface area contributed by atoms with Crippen molar-refractivity contribution in [3.05, 3.63) is 10.6 Å². The second-order valence-electron chi connectivity index (χ2n) is 8.05. The van der Waals surface area contributed by atoms with Crippen LogP contribution in [0, 0.1) is 5.92 Å². The zero-order chi connectivity index (χ0) is 18.4. The fourth-order valence-corrected chi connectivity index (χ4v) is 5.06. The number of aromatic nitrogens is 1. The van der Waals surface area contributed by atoms with Gasteiger partial charge in [0, 0.05) is 31.3 Å². The molecule has 2 aliphatic rings. The van der Waals surface area contributed by atoms with Crippen LogP contribution in [0.3, 0.4) is 0 Å². The van der Waals surface area contributed by atoms with Crippen LogP contribution < -0.4 is 4.74 Å². The van der Waals surface area contributed by atoms with Crippen molar-refractivity contribution >= 4 is 11.3 Å². The smallest absolute Gasteiger partial charge is 0.278 e. The summed E-state index contributed by atoms with van der Waals surface area (Å²) in [6, 6.07) is 0. The molecule has 6 heteroatoms. The van der Waals surface area contributed by atoms with Gasteiger partial charge in [-0.25, -0.2) is 13.8 Å². The lowest BCUT2D eigenvalue weighted by Crippen LogP contribution is -2.28. The van der Waals surface area contributed by atoms with E-state index in [-0.39, 0.29) is 0 Å². The molecule has 1 aliphatic carbocycles. The van der Waals surface area contributed by atoms with Gasteiger partial charge in [0.05, 0.1) is 5.69 Å². The summed E-state index contributed by atoms with van der Waals surface area (Å²) in [5.41, 5.74) is 1.05. The van der Waals surface area contributed by atoms with Crippen molar-refractivity contribution in [1.82, 2.24) is 9.88 Å². The molecule has 1 aromatic heterocycles. The molecule has 0 radical (unpaired) electrons. The van der Waals surface area contributed by atoms with E-state index >= 15 is 0 Å². The van der Waals surface area contributed by atoms with Gasteiger partial charge in [-0.2, -0.15) is 0 Å². The summed E-state index contributed by atoms with van der Waals surface area (Å²) in [5.74, 6) is -1.86. The van der Waals surface area contributed by atoms with E-state index in [4.69, 9.17) is 4.74 Å². The van der Waals surface area contributed by atoms with E-state index in [9.17, 15) is 8.78 Å². The summed E-state index contributed by atoms with van der Waals surface area (Å²) in [4.78, 5) is 8.21. The molecule has 0 unspecified atom stereocenters. The van der Waals surface area contributed by atoms with E-state index in [1.54, 1.807) is 0 Å². The van der Waals surface area contributed by atoms with Crippen molar-refractivity contribution in [3.8, 4) is 5.19 Å². The van der Waals surface area contributed by atoms with Crippen LogP contribution in [0.1, 0.15) is 68.9 Å². The van der Waals surface area contributed by atoms with Crippen LogP contribution in [-0.4, -0.2) is 42.0 Å². The van der Waals surface area contributed by atoms with Gasteiger partial charge >= 0.3 is 0 Å². The van der Waals surface area contributed by atoms with Crippen LogP contribution in [-0.2, 0) is 12.8 Å². The van der Waals surface area contributed by atoms with Gasteiger partial charge in [0.15, 0.2) is 6.61 Å². The zero-order valence-electron chi connectivity index (χ0n) is 15.9. The van der Waals surface area contributed by atoms with Crippen LogP contribution in [0.2, 0.25) is 0 Å². The molecule has 2 heterocycles. The molecule has 0 amide bonds. The summed E-state index contributed by atoms with van der Waals surface area (Å²) in [6.45, 7) is 3.52. The third-order valence-corrected chi connectivity index (χ3v) is 6.66. The van der Waals surface area contributed by atoms with Gasteiger partial charge < -0.3 is 9.64 Å². The largest absolute Gasteiger partial charge is 0.464 e. The van der Waals surface area contributed by atoms with E-state index in [0.29, 0.717) is 5.19 Å². The Morgan fingerprint density at radius 2 is 1.88 bits per heavy atom. The predicted molar refractivity (Wildman–Crippen MR) is 103 cm³/mol. The summed E-state index contributed by atoms with van der Waals surface area (Å²) >= 11 is 1.45. The number of thiazole rings is 1. The second-order valence-corrected chi connectivity index (χ2v) is 9.10. The maximum Gasteiger partial charge on any atom is 0.278 e. The fraction of sp³-hybridized carbons (Fsp3) is 0.850. The zero-order valence-corrected chi connectivity index (χ0v) is 16.8. The first-order valence-electron chi connectivity index (χ1n) is 10.2. The second kappa shape index (κ2) is 9.45. The minimum absolute atomic E-state index is 0.401. The maximum absolute atomic E-state index is 12.9. The molecule has 1 fully saturated rings. The summed E-state index contributed by atoms with van der Waals surface area (Å²) in [7, 11) is 0. The van der Waals surface area contributed by atoms with Crippen molar-refractivity contribution in [1.29, 1.82) is 0 Å². The van der Waals surface area contributed by atoms with Crippen LogP contribution in [0.15, 0.2) is 0 Å². The number of hydrogen-bond acceptors (Lipinski definition) is 4. The molecular weight excluding hydrogens is 354 g/mol. The molecule has 148 valence electrons. The topological polar surface area (TPSA) is 25.4 Å². The Morgan fingerprint density at radius 3 is 2.62 bits per heavy atom. The maximum atomic E-state index is 12.9. The van der Waals surface area contributed by atoms with Gasteiger partial charge in [0.1, 0.15) is 0 Å². The first-order valence-corrected chi connectivity index (χ1v) is 11.0. The molecule has 0 spiro atoms. The molecule has 0 bridgehead atoms. The normalized spacial score (nSPS) is 20.4. The van der Waals surface area contributed by atoms with Gasteiger partial charge in [-0.05, 0) is 31.7 Å². The average molecular weight is 387 g/mol. The quantitative estimate of drug-likeness (QED) is 0.592. The molecule has 0 N–H and O–H groups in total. The number of rotatable bonds is 7. The minimum Gasteiger partial charge on any atom is -0.464 e. The molecular formula is C20H32F2N2OS. The van der Waals surface area contributed by atoms with Crippen molar-refractivity contribution in [2.24, 2.45) is 5.92 Å². The van der Waals surface area contributed by atoms with Crippen molar-refractivity contribution in [2.75, 3.05) is 26.2 Å². The highest BCUT2D eigenvalue weighted by Gasteiger charge is 2.24. The van der Waals surface area contributed by atoms with Crippen LogP contribution in [0.25, 0.3) is 0 Å². The standard InChI is InChI=1S/C20H32F2N2OS/c1-20(21,22)15-25-19-23-17-10-13-24(14-11-18(17)26-19)12-6-9-16-7-4-2-3-5-8-16/h16H,2-15H2,1H3. The SMILES string of the molecule is CC(F)(F)COc1nc2c(s1)CCN(CCCC1CCCCCC1)CC2. The molecule has 1 aliphatic heterocycles. The number of alkyl halides is 2. The van der Waals surface area contributed by atoms with Crippen LogP contribution in [0.4, 0.5) is 8.78 Å². The van der Waals surface area contributed by atoms with E-state index in [1.165, 1.54) is 74.1 Å². The Hall–Kier alpha value is -0.750. The van der Waals surface area contributed by atoms with Gasteiger partial charge in [0.25, 0.3) is 11.1 Å². The molecule has 26 heavy (non-hydrogen) atoms. The van der Waals surface area contributed by atoms with Gasteiger partial charge in [-0.3, -0.25) is 0 Å². The lowest BCUT2D eigenvalue weighted by Gasteiger charge is -2.21. The monoisotopic (exact) mass is 386 g/mol. The number of hydrogen-bond donors (Lipinski definition) is 0. The minimum atomic E-state index is -2.81. The molecule has 1 aromatic rings. The predicted octanol–water partition coefficient (Wildman–Crippen LogP) is 5.33. The highest BCUT2D eigenvalue weighted by Crippen LogP contribution is 2.30. The van der Waals surface area contributed by atoms with E-state index in [1.807, 2.05) is 0 Å². The third-order valence-electron chi connectivity index (χ3n) is 5.59. The molecule has 3 nitrogen and oxygen atoms in total. The Bertz CT molecular complexity index is 525. The summed E-state index contributed by atoms with van der Waals surface area (Å²) in [6.07, 6.45) is 13.1. The lowest BCUT2D eigenvalue weighted by atomic mass is 9.95. The molecule has 1 saturated carbocycles. The number of nitrogens with zero attached hydrogens (tertiary/aromatic N) is 2. The number of fused-ring (bicyclic) bond motifs is 1. The molecule has 3 rings (SSSR count). The Balaban J connectivity index is 1.40. The molecule has 0 saturated heterocycles. The van der Waals surface area contributed by atoms with Gasteiger partial charge in [-0.15, -0.1) is 0 Å². The van der Waals surface area contributed by atoms with Crippen molar-refractivity contribution in [3.63, 3.8) is 0 Å². The fourth-order valence-electron chi connectivity index (χ4n) is 4.12. The number of ether oxygens (including phenoxy) is 1. The highest BCUT2D eigenvalue weighted by atomic mass is 32.1. The molecule has 0 aromatic carbocycles. The Kier molecular flexibility index (Phi) is 7.27. The van der Waals surface area contributed by atoms with E-state index in [2.05, 4.69) is 9.88 Å². The summed E-state index contributed by atoms with van der Waals surface area (Å²) in [5, 5.41) is 0.401. The highest BCUT2D eigenvalue weighted by molar-refractivity contribution is 7.13. The third kappa shape index (κ3) is 6.45. The van der Waals surface area contributed by atoms with Crippen LogP contribution >= 0.6 is 11.3 Å². The van der Waals surface area contributed by atoms with E-state index in [0.717, 1.165) is 44.5 Å². The number of halogens is 2. The first kappa shape index (κ1) is 20.0. The van der Waals surface area contributed by atoms with E-state index < -0.39 is 12.5 Å².